The van der Waals surface area contributed by atoms with Gasteiger partial charge in [0.2, 0.25) is 0 Å². The summed E-state index contributed by atoms with van der Waals surface area (Å²) in [7, 11) is 0.153. The number of furan rings is 2. The van der Waals surface area contributed by atoms with Gasteiger partial charge in [-0.25, -0.2) is 0 Å². The summed E-state index contributed by atoms with van der Waals surface area (Å²) in [6.45, 7) is 7.88. The summed E-state index contributed by atoms with van der Waals surface area (Å²) in [6.07, 6.45) is 18.4. The SMILES string of the molecule is COc1cccc(N(c2cc3oc4cc(N5C=CC(c6cccc7ccccc67)=C6C=CC=CC65)cc5c6cc(-c7ccc(-c8cccc([Si](C)(C)C)c8)cc7)cc7oc8c(N9C=c%10ccc%11ccc(-c%12ccc%13ccc%14ccccc%14c%13c%12)cc%11c%10=CC9)ccc(c(c2)c3c45)c8c76)c2ccc(-c3ccccc3)c3ccccc23)c1. The van der Waals surface area contributed by atoms with Gasteiger partial charge in [-0.15, -0.1) is 0 Å². The first-order valence-corrected chi connectivity index (χ1v) is 43.3. The molecule has 0 amide bonds. The van der Waals surface area contributed by atoms with Gasteiger partial charge in [-0.05, 0) is 208 Å². The highest BCUT2D eigenvalue weighted by molar-refractivity contribution is 6.88. The molecule has 20 aromatic rings. The van der Waals surface area contributed by atoms with E-state index < -0.39 is 8.07 Å². The maximum Gasteiger partial charge on any atom is 0.159 e. The number of hydrogen-bond acceptors (Lipinski definition) is 6. The zero-order valence-corrected chi connectivity index (χ0v) is 65.0. The standard InChI is InChI=1S/C108H75N3O3Si/c1-112-81-26-18-25-78(60-81)111(99-49-47-85(68-19-6-5-7-20-68)88-30-12-13-32-91(88)99)80-62-96-92-48-50-100(109-53-51-86-76(65-109)46-43-72-42-45-75(57-94(72)86)74-44-41-71-40-39-70-22-9-11-29-84(70)93(71)56-74)108-107(92)106-95(58-77(59-101(106)114-108)67-37-35-66(36-38-67)73-24-16-27-82(55-73)115(2,3)4)97-61-79(63-102-105(97)104(96)103(64-80)113-102)110-54-52-89(90-31-14-15-34-98(90)110)87-33-17-23-69-21-8-10-28-83(69)87/h5-52,54-65,98H,53H2,1-4H3. The van der Waals surface area contributed by atoms with E-state index in [4.69, 9.17) is 13.6 Å². The molecule has 0 radical (unpaired) electrons. The van der Waals surface area contributed by atoms with Crippen molar-refractivity contribution < 1.29 is 13.6 Å². The van der Waals surface area contributed by atoms with E-state index in [-0.39, 0.29) is 6.04 Å². The van der Waals surface area contributed by atoms with Crippen LogP contribution in [-0.2, 0) is 0 Å². The molecule has 4 heterocycles. The molecule has 0 bridgehead atoms. The lowest BCUT2D eigenvalue weighted by atomic mass is 9.86. The smallest absolute Gasteiger partial charge is 0.159 e. The van der Waals surface area contributed by atoms with Crippen molar-refractivity contribution in [2.75, 3.05) is 28.4 Å². The lowest BCUT2D eigenvalue weighted by Crippen LogP contribution is -2.37. The quantitative estimate of drug-likeness (QED) is 0.0897. The topological polar surface area (TPSA) is 45.2 Å². The van der Waals surface area contributed by atoms with Crippen LogP contribution in [0.4, 0.5) is 28.4 Å². The molecule has 0 saturated heterocycles. The highest BCUT2D eigenvalue weighted by atomic mass is 28.3. The highest BCUT2D eigenvalue weighted by Crippen LogP contribution is 2.53. The van der Waals surface area contributed by atoms with Crippen molar-refractivity contribution >= 4 is 179 Å². The summed E-state index contributed by atoms with van der Waals surface area (Å²) in [4.78, 5) is 7.24. The molecule has 1 atom stereocenters. The normalized spacial score (nSPS) is 14.3. The molecule has 0 spiro atoms. The average Bonchev–Trinajstić information content (AvgIpc) is 1.55. The van der Waals surface area contributed by atoms with E-state index in [2.05, 4.69) is 393 Å². The first kappa shape index (κ1) is 66.5. The monoisotopic (exact) mass is 1490 g/mol. The molecular formula is C108H75N3O3Si. The Bertz CT molecular complexity index is 7800. The van der Waals surface area contributed by atoms with Gasteiger partial charge in [0.05, 0.1) is 38.3 Å². The molecule has 0 saturated carbocycles. The van der Waals surface area contributed by atoms with Crippen LogP contribution in [0.1, 0.15) is 5.56 Å². The second kappa shape index (κ2) is 25.9. The summed E-state index contributed by atoms with van der Waals surface area (Å²) < 4.78 is 21.7. The average molecular weight is 1490 g/mol. The van der Waals surface area contributed by atoms with Gasteiger partial charge < -0.3 is 28.3 Å². The Morgan fingerprint density at radius 2 is 1.03 bits per heavy atom. The molecule has 0 fully saturated rings. The molecule has 115 heavy (non-hydrogen) atoms. The van der Waals surface area contributed by atoms with Gasteiger partial charge in [0.25, 0.3) is 0 Å². The van der Waals surface area contributed by atoms with Crippen LogP contribution in [0.2, 0.25) is 19.6 Å². The lowest BCUT2D eigenvalue weighted by molar-refractivity contribution is 0.415. The summed E-state index contributed by atoms with van der Waals surface area (Å²) in [5.41, 5.74) is 20.9. The predicted molar refractivity (Wildman–Crippen MR) is 490 cm³/mol. The third kappa shape index (κ3) is 10.8. The Morgan fingerprint density at radius 3 is 1.84 bits per heavy atom. The van der Waals surface area contributed by atoms with E-state index in [0.717, 1.165) is 138 Å². The van der Waals surface area contributed by atoms with Gasteiger partial charge in [-0.1, -0.05) is 292 Å². The molecule has 7 heteroatoms. The van der Waals surface area contributed by atoms with Crippen LogP contribution in [0.3, 0.4) is 0 Å². The van der Waals surface area contributed by atoms with Crippen LogP contribution in [-0.4, -0.2) is 27.8 Å². The van der Waals surface area contributed by atoms with Crippen LogP contribution < -0.4 is 35.1 Å². The number of nitrogens with zero attached hydrogens (tertiary/aromatic N) is 3. The molecule has 23 rings (SSSR count). The Hall–Kier alpha value is -14.2. The van der Waals surface area contributed by atoms with E-state index in [1.165, 1.54) is 92.5 Å². The first-order chi connectivity index (χ1) is 56.5. The number of hydrogen-bond donors (Lipinski definition) is 0. The Morgan fingerprint density at radius 1 is 0.400 bits per heavy atom. The molecule has 0 N–H and O–H groups in total. The van der Waals surface area contributed by atoms with Crippen molar-refractivity contribution in [3.05, 3.63) is 374 Å². The third-order valence-electron chi connectivity index (χ3n) is 24.7. The largest absolute Gasteiger partial charge is 0.497 e. The molecule has 18 aromatic carbocycles. The van der Waals surface area contributed by atoms with Gasteiger partial charge in [0.15, 0.2) is 5.58 Å². The van der Waals surface area contributed by atoms with Crippen LogP contribution in [0.25, 0.3) is 182 Å². The summed E-state index contributed by atoms with van der Waals surface area (Å²) in [6, 6.07) is 117. The number of benzene rings is 17. The maximum absolute atomic E-state index is 7.87. The molecule has 1 unspecified atom stereocenters. The second-order valence-electron chi connectivity index (χ2n) is 32.2. The Labute approximate surface area is 665 Å². The molecule has 3 aliphatic rings. The lowest BCUT2D eigenvalue weighted by Gasteiger charge is -2.35. The van der Waals surface area contributed by atoms with E-state index in [1.807, 2.05) is 6.07 Å². The van der Waals surface area contributed by atoms with Gasteiger partial charge in [0.1, 0.15) is 22.5 Å². The summed E-state index contributed by atoms with van der Waals surface area (Å²) >= 11 is 0. The highest BCUT2D eigenvalue weighted by Gasteiger charge is 2.32. The van der Waals surface area contributed by atoms with Crippen molar-refractivity contribution in [3.8, 4) is 50.3 Å². The van der Waals surface area contributed by atoms with E-state index in [1.54, 1.807) is 7.11 Å². The fourth-order valence-electron chi connectivity index (χ4n) is 19.0. The fraction of sp³-hybridized carbons (Fsp3) is 0.0556. The summed E-state index contributed by atoms with van der Waals surface area (Å²) in [5.74, 6) is 0.751. The molecule has 2 aromatic heterocycles. The Kier molecular flexibility index (Phi) is 15.0. The number of ether oxygens (including phenoxy) is 1. The number of methoxy groups -OCH3 is 1. The van der Waals surface area contributed by atoms with Crippen LogP contribution in [0, 0.1) is 0 Å². The van der Waals surface area contributed by atoms with Gasteiger partial charge >= 0.3 is 0 Å². The fourth-order valence-corrected chi connectivity index (χ4v) is 20.2. The molecule has 544 valence electrons. The molecule has 1 aliphatic carbocycles. The molecular weight excluding hydrogens is 1420 g/mol. The van der Waals surface area contributed by atoms with Crippen molar-refractivity contribution in [3.63, 3.8) is 0 Å². The van der Waals surface area contributed by atoms with Crippen LogP contribution in [0.5, 0.6) is 5.75 Å². The molecule has 2 aliphatic heterocycles. The predicted octanol–water partition coefficient (Wildman–Crippen LogP) is 27.0. The zero-order valence-electron chi connectivity index (χ0n) is 64.0. The van der Waals surface area contributed by atoms with Gasteiger partial charge in [-0.3, -0.25) is 0 Å². The van der Waals surface area contributed by atoms with E-state index in [0.29, 0.717) is 6.54 Å². The van der Waals surface area contributed by atoms with Gasteiger partial charge in [-0.2, -0.15) is 0 Å². The summed E-state index contributed by atoms with van der Waals surface area (Å²) in [5, 5.41) is 24.3. The maximum atomic E-state index is 7.87. The first-order valence-electron chi connectivity index (χ1n) is 39.8. The van der Waals surface area contributed by atoms with Crippen molar-refractivity contribution in [2.24, 2.45) is 0 Å². The Balaban J connectivity index is 0.784. The van der Waals surface area contributed by atoms with Crippen molar-refractivity contribution in [1.82, 2.24) is 0 Å². The van der Waals surface area contributed by atoms with Crippen LogP contribution >= 0.6 is 0 Å². The van der Waals surface area contributed by atoms with Crippen molar-refractivity contribution in [1.29, 1.82) is 0 Å². The van der Waals surface area contributed by atoms with Crippen LogP contribution in [0.15, 0.2) is 366 Å². The minimum Gasteiger partial charge on any atom is -0.497 e. The van der Waals surface area contributed by atoms with E-state index >= 15 is 0 Å². The van der Waals surface area contributed by atoms with E-state index in [9.17, 15) is 0 Å². The third-order valence-corrected chi connectivity index (χ3v) is 26.7. The molecule has 6 nitrogen and oxygen atoms in total. The number of anilines is 5. The number of fused-ring (bicyclic) bond motifs is 11. The number of allylic oxidation sites excluding steroid dienone is 4. The number of rotatable bonds is 12. The minimum atomic E-state index is -1.59. The zero-order chi connectivity index (χ0) is 76.3. The minimum absolute atomic E-state index is 0.137. The second-order valence-corrected chi connectivity index (χ2v) is 37.3. The van der Waals surface area contributed by atoms with Crippen molar-refractivity contribution in [2.45, 2.75) is 25.7 Å². The van der Waals surface area contributed by atoms with Gasteiger partial charge in [0, 0.05) is 75.4 Å².